The molecule has 1 saturated heterocycles. The fraction of sp³-hybridized carbons (Fsp3) is 0.500. The molecule has 21 heavy (non-hydrogen) atoms. The van der Waals surface area contributed by atoms with Gasteiger partial charge in [-0.3, -0.25) is 9.69 Å². The van der Waals surface area contributed by atoms with E-state index in [0.717, 1.165) is 18.7 Å². The molecule has 0 aliphatic carbocycles. The molecule has 114 valence electrons. The summed E-state index contributed by atoms with van der Waals surface area (Å²) in [6.07, 6.45) is 1.38. The average molecular weight is 291 g/mol. The molecule has 1 aromatic carbocycles. The predicted octanol–water partition coefficient (Wildman–Crippen LogP) is 2.16. The molecule has 1 aliphatic rings. The van der Waals surface area contributed by atoms with Crippen molar-refractivity contribution >= 4 is 11.9 Å². The van der Waals surface area contributed by atoms with Crippen LogP contribution in [0.1, 0.15) is 35.7 Å². The van der Waals surface area contributed by atoms with Gasteiger partial charge < -0.3 is 9.84 Å². The van der Waals surface area contributed by atoms with Gasteiger partial charge in [0.15, 0.2) is 0 Å². The van der Waals surface area contributed by atoms with Gasteiger partial charge in [-0.1, -0.05) is 12.1 Å². The Kier molecular flexibility index (Phi) is 4.96. The molecule has 1 aromatic rings. The first kappa shape index (κ1) is 15.5. The van der Waals surface area contributed by atoms with Crippen LogP contribution < -0.4 is 0 Å². The lowest BCUT2D eigenvalue weighted by Gasteiger charge is -2.36. The van der Waals surface area contributed by atoms with Crippen molar-refractivity contribution in [1.29, 1.82) is 0 Å². The Bertz CT molecular complexity index is 512. The number of esters is 1. The molecule has 0 saturated carbocycles. The highest BCUT2D eigenvalue weighted by Gasteiger charge is 2.29. The Morgan fingerprint density at radius 1 is 1.33 bits per heavy atom. The largest absolute Gasteiger partial charge is 0.481 e. The van der Waals surface area contributed by atoms with E-state index in [1.807, 2.05) is 12.1 Å². The number of carboxylic acid groups (broad SMARTS) is 1. The third-order valence-corrected chi connectivity index (χ3v) is 4.12. The summed E-state index contributed by atoms with van der Waals surface area (Å²) >= 11 is 0. The molecule has 0 spiro atoms. The standard InChI is InChI=1S/C16H21NO4/c1-11-9-14(15(18)19)7-8-17(11)10-12-3-5-13(6-4-12)16(20)21-2/h3-6,11,14H,7-10H2,1-2H3,(H,18,19). The number of carboxylic acids is 1. The fourth-order valence-electron chi connectivity index (χ4n) is 2.78. The Morgan fingerprint density at radius 3 is 2.52 bits per heavy atom. The summed E-state index contributed by atoms with van der Waals surface area (Å²) in [7, 11) is 1.37. The SMILES string of the molecule is COC(=O)c1ccc(CN2CCC(C(=O)O)CC2C)cc1. The van der Waals surface area contributed by atoms with Crippen LogP contribution >= 0.6 is 0 Å². The van der Waals surface area contributed by atoms with Gasteiger partial charge in [0.05, 0.1) is 18.6 Å². The van der Waals surface area contributed by atoms with Crippen molar-refractivity contribution in [3.8, 4) is 0 Å². The molecule has 5 nitrogen and oxygen atoms in total. The maximum absolute atomic E-state index is 11.4. The molecule has 0 radical (unpaired) electrons. The van der Waals surface area contributed by atoms with Crippen LogP contribution in [0.4, 0.5) is 0 Å². The van der Waals surface area contributed by atoms with Crippen LogP contribution in [0.15, 0.2) is 24.3 Å². The van der Waals surface area contributed by atoms with Crippen molar-refractivity contribution in [2.45, 2.75) is 32.4 Å². The normalized spacial score (nSPS) is 22.8. The van der Waals surface area contributed by atoms with Crippen molar-refractivity contribution in [1.82, 2.24) is 4.90 Å². The van der Waals surface area contributed by atoms with Crippen LogP contribution in [-0.4, -0.2) is 41.6 Å². The van der Waals surface area contributed by atoms with Gasteiger partial charge in [0.25, 0.3) is 0 Å². The van der Waals surface area contributed by atoms with Crippen LogP contribution in [0.5, 0.6) is 0 Å². The molecule has 2 atom stereocenters. The number of carbonyl (C=O) groups excluding carboxylic acids is 1. The quantitative estimate of drug-likeness (QED) is 0.861. The maximum Gasteiger partial charge on any atom is 0.337 e. The van der Waals surface area contributed by atoms with Gasteiger partial charge in [-0.05, 0) is 44.0 Å². The Labute approximate surface area is 124 Å². The lowest BCUT2D eigenvalue weighted by molar-refractivity contribution is -0.144. The van der Waals surface area contributed by atoms with Gasteiger partial charge in [-0.2, -0.15) is 0 Å². The number of hydrogen-bond donors (Lipinski definition) is 1. The van der Waals surface area contributed by atoms with Crippen LogP contribution in [0.3, 0.4) is 0 Å². The molecule has 1 heterocycles. The Morgan fingerprint density at radius 2 is 2.00 bits per heavy atom. The molecule has 2 rings (SSSR count). The van der Waals surface area contributed by atoms with Crippen molar-refractivity contribution in [2.24, 2.45) is 5.92 Å². The lowest BCUT2D eigenvalue weighted by atomic mass is 9.91. The van der Waals surface area contributed by atoms with E-state index in [-0.39, 0.29) is 17.9 Å². The van der Waals surface area contributed by atoms with E-state index in [9.17, 15) is 9.59 Å². The number of carbonyl (C=O) groups is 2. The van der Waals surface area contributed by atoms with Crippen LogP contribution in [0.2, 0.25) is 0 Å². The number of benzene rings is 1. The number of ether oxygens (including phenoxy) is 1. The summed E-state index contributed by atoms with van der Waals surface area (Å²) in [6.45, 7) is 3.63. The lowest BCUT2D eigenvalue weighted by Crippen LogP contribution is -2.42. The monoisotopic (exact) mass is 291 g/mol. The van der Waals surface area contributed by atoms with Gasteiger partial charge >= 0.3 is 11.9 Å². The van der Waals surface area contributed by atoms with Gasteiger partial charge in [0.1, 0.15) is 0 Å². The molecule has 2 unspecified atom stereocenters. The van der Waals surface area contributed by atoms with Crippen molar-refractivity contribution < 1.29 is 19.4 Å². The van der Waals surface area contributed by atoms with Crippen molar-refractivity contribution in [3.05, 3.63) is 35.4 Å². The third kappa shape index (κ3) is 3.82. The second-order valence-electron chi connectivity index (χ2n) is 5.57. The molecule has 1 aliphatic heterocycles. The van der Waals surface area contributed by atoms with Gasteiger partial charge in [-0.25, -0.2) is 4.79 Å². The molecule has 5 heteroatoms. The predicted molar refractivity (Wildman–Crippen MR) is 78.0 cm³/mol. The highest BCUT2D eigenvalue weighted by Crippen LogP contribution is 2.24. The maximum atomic E-state index is 11.4. The highest BCUT2D eigenvalue weighted by atomic mass is 16.5. The number of methoxy groups -OCH3 is 1. The molecular weight excluding hydrogens is 270 g/mol. The smallest absolute Gasteiger partial charge is 0.337 e. The zero-order valence-electron chi connectivity index (χ0n) is 12.4. The van der Waals surface area contributed by atoms with E-state index in [0.29, 0.717) is 18.4 Å². The van der Waals surface area contributed by atoms with Gasteiger partial charge in [0.2, 0.25) is 0 Å². The van der Waals surface area contributed by atoms with Crippen LogP contribution in [0, 0.1) is 5.92 Å². The summed E-state index contributed by atoms with van der Waals surface area (Å²) in [4.78, 5) is 24.7. The summed E-state index contributed by atoms with van der Waals surface area (Å²) in [5.41, 5.74) is 1.65. The number of piperidine rings is 1. The summed E-state index contributed by atoms with van der Waals surface area (Å²) in [6, 6.07) is 7.61. The molecule has 0 amide bonds. The zero-order chi connectivity index (χ0) is 15.4. The van der Waals surface area contributed by atoms with E-state index in [1.54, 1.807) is 12.1 Å². The second-order valence-corrected chi connectivity index (χ2v) is 5.57. The molecule has 1 fully saturated rings. The molecule has 1 N–H and O–H groups in total. The van der Waals surface area contributed by atoms with Crippen molar-refractivity contribution in [3.63, 3.8) is 0 Å². The second kappa shape index (κ2) is 6.72. The van der Waals surface area contributed by atoms with Crippen LogP contribution in [0.25, 0.3) is 0 Å². The highest BCUT2D eigenvalue weighted by molar-refractivity contribution is 5.89. The minimum atomic E-state index is -0.691. The van der Waals surface area contributed by atoms with E-state index in [2.05, 4.69) is 16.6 Å². The van der Waals surface area contributed by atoms with Gasteiger partial charge in [0, 0.05) is 12.6 Å². The van der Waals surface area contributed by atoms with Gasteiger partial charge in [-0.15, -0.1) is 0 Å². The Hall–Kier alpha value is -1.88. The number of hydrogen-bond acceptors (Lipinski definition) is 4. The Balaban J connectivity index is 1.96. The van der Waals surface area contributed by atoms with E-state index < -0.39 is 5.97 Å². The topological polar surface area (TPSA) is 66.8 Å². The third-order valence-electron chi connectivity index (χ3n) is 4.12. The van der Waals surface area contributed by atoms with E-state index >= 15 is 0 Å². The summed E-state index contributed by atoms with van der Waals surface area (Å²) in [5.74, 6) is -1.25. The average Bonchev–Trinajstić information content (AvgIpc) is 2.49. The number of likely N-dealkylation sites (tertiary alicyclic amines) is 1. The van der Waals surface area contributed by atoms with Crippen molar-refractivity contribution in [2.75, 3.05) is 13.7 Å². The number of rotatable bonds is 4. The first-order valence-electron chi connectivity index (χ1n) is 7.15. The molecule has 0 aromatic heterocycles. The number of aliphatic carboxylic acids is 1. The van der Waals surface area contributed by atoms with Crippen LogP contribution in [-0.2, 0) is 16.1 Å². The molecular formula is C16H21NO4. The first-order chi connectivity index (χ1) is 10.0. The first-order valence-corrected chi connectivity index (χ1v) is 7.15. The van der Waals surface area contributed by atoms with E-state index in [1.165, 1.54) is 7.11 Å². The summed E-state index contributed by atoms with van der Waals surface area (Å²) < 4.78 is 4.67. The minimum absolute atomic E-state index is 0.224. The molecule has 0 bridgehead atoms. The minimum Gasteiger partial charge on any atom is -0.481 e. The van der Waals surface area contributed by atoms with E-state index in [4.69, 9.17) is 5.11 Å². The summed E-state index contributed by atoms with van der Waals surface area (Å²) in [5, 5.41) is 9.08. The fourth-order valence-corrected chi connectivity index (χ4v) is 2.78. The zero-order valence-corrected chi connectivity index (χ0v) is 12.4. The number of nitrogens with zero attached hydrogens (tertiary/aromatic N) is 1.